The normalized spacial score (nSPS) is 14.7. The SMILES string of the molecule is CN1CCN(CCOc2ccn3c(C(=O)Nc4cccc5c4cnn5Cc4cccn(C)c4=O)cnc3c2)CC1. The molecule has 40 heavy (non-hydrogen) atoms. The van der Waals surface area contributed by atoms with Gasteiger partial charge in [-0.05, 0) is 31.3 Å². The molecule has 0 spiro atoms. The van der Waals surface area contributed by atoms with Gasteiger partial charge in [-0.3, -0.25) is 23.6 Å². The van der Waals surface area contributed by atoms with Crippen LogP contribution in [-0.2, 0) is 13.6 Å². The van der Waals surface area contributed by atoms with Gasteiger partial charge < -0.3 is 19.5 Å². The third-order valence-electron chi connectivity index (χ3n) is 7.45. The molecule has 1 amide bonds. The van der Waals surface area contributed by atoms with Crippen molar-refractivity contribution in [3.8, 4) is 5.75 Å². The lowest BCUT2D eigenvalue weighted by Gasteiger charge is -2.32. The number of pyridine rings is 2. The van der Waals surface area contributed by atoms with Crippen molar-refractivity contribution >= 4 is 28.1 Å². The second kappa shape index (κ2) is 10.9. The summed E-state index contributed by atoms with van der Waals surface area (Å²) in [5.74, 6) is 0.443. The van der Waals surface area contributed by atoms with Gasteiger partial charge >= 0.3 is 0 Å². The number of hydrogen-bond donors (Lipinski definition) is 1. The molecule has 1 aromatic carbocycles. The molecule has 0 bridgehead atoms. The fourth-order valence-electron chi connectivity index (χ4n) is 5.04. The second-order valence-electron chi connectivity index (χ2n) is 10.2. The molecular weight excluding hydrogens is 508 g/mol. The number of amides is 1. The van der Waals surface area contributed by atoms with Crippen LogP contribution in [0, 0.1) is 0 Å². The summed E-state index contributed by atoms with van der Waals surface area (Å²) in [5.41, 5.74) is 3.08. The highest BCUT2D eigenvalue weighted by atomic mass is 16.5. The number of nitrogens with one attached hydrogen (secondary N) is 1. The number of rotatable bonds is 8. The Balaban J connectivity index is 1.14. The van der Waals surface area contributed by atoms with Crippen LogP contribution in [0.1, 0.15) is 16.1 Å². The maximum Gasteiger partial charge on any atom is 0.274 e. The van der Waals surface area contributed by atoms with Crippen molar-refractivity contribution < 1.29 is 9.53 Å². The van der Waals surface area contributed by atoms with Crippen molar-refractivity contribution in [2.45, 2.75) is 6.54 Å². The van der Waals surface area contributed by atoms with Crippen LogP contribution in [0.2, 0.25) is 0 Å². The molecule has 6 rings (SSSR count). The predicted octanol–water partition coefficient (Wildman–Crippen LogP) is 2.31. The zero-order valence-electron chi connectivity index (χ0n) is 22.7. The molecule has 1 saturated heterocycles. The molecule has 1 aliphatic heterocycles. The first-order valence-corrected chi connectivity index (χ1v) is 13.4. The Hall–Kier alpha value is -4.48. The van der Waals surface area contributed by atoms with Crippen molar-refractivity contribution in [1.29, 1.82) is 0 Å². The van der Waals surface area contributed by atoms with Crippen molar-refractivity contribution in [3.05, 3.63) is 88.9 Å². The molecule has 5 aromatic rings. The molecule has 0 aliphatic carbocycles. The zero-order chi connectivity index (χ0) is 27.6. The number of likely N-dealkylation sites (N-methyl/N-ethyl adjacent to an activating group) is 1. The smallest absolute Gasteiger partial charge is 0.274 e. The predicted molar refractivity (Wildman–Crippen MR) is 153 cm³/mol. The summed E-state index contributed by atoms with van der Waals surface area (Å²) in [6.45, 7) is 6.09. The number of carbonyl (C=O) groups is 1. The molecule has 1 fully saturated rings. The van der Waals surface area contributed by atoms with Gasteiger partial charge in [0.15, 0.2) is 0 Å². The van der Waals surface area contributed by atoms with E-state index >= 15 is 0 Å². The summed E-state index contributed by atoms with van der Waals surface area (Å²) in [4.78, 5) is 34.9. The number of ether oxygens (including phenoxy) is 1. The average Bonchev–Trinajstić information content (AvgIpc) is 3.57. The molecule has 0 unspecified atom stereocenters. The zero-order valence-corrected chi connectivity index (χ0v) is 22.7. The number of benzene rings is 1. The maximum atomic E-state index is 13.3. The van der Waals surface area contributed by atoms with E-state index in [0.29, 0.717) is 35.7 Å². The molecule has 1 N–H and O–H groups in total. The number of nitrogens with zero attached hydrogens (tertiary/aromatic N) is 7. The van der Waals surface area contributed by atoms with E-state index in [1.54, 1.807) is 51.6 Å². The fraction of sp³-hybridized carbons (Fsp3) is 0.310. The van der Waals surface area contributed by atoms with Gasteiger partial charge in [0, 0.05) is 69.2 Å². The number of aromatic nitrogens is 5. The number of carbonyl (C=O) groups excluding carboxylic acids is 1. The van der Waals surface area contributed by atoms with Crippen LogP contribution in [0.5, 0.6) is 5.75 Å². The van der Waals surface area contributed by atoms with Crippen molar-refractivity contribution in [2.75, 3.05) is 51.7 Å². The van der Waals surface area contributed by atoms with E-state index in [9.17, 15) is 9.59 Å². The molecular formula is C29H32N8O3. The third kappa shape index (κ3) is 5.21. The molecule has 0 saturated carbocycles. The maximum absolute atomic E-state index is 13.3. The molecule has 206 valence electrons. The average molecular weight is 541 g/mol. The van der Waals surface area contributed by atoms with Gasteiger partial charge in [0.2, 0.25) is 0 Å². The van der Waals surface area contributed by atoms with Crippen LogP contribution in [0.3, 0.4) is 0 Å². The Labute approximate surface area is 231 Å². The van der Waals surface area contributed by atoms with Crippen LogP contribution in [0.15, 0.2) is 72.0 Å². The quantitative estimate of drug-likeness (QED) is 0.322. The van der Waals surface area contributed by atoms with E-state index in [-0.39, 0.29) is 11.5 Å². The van der Waals surface area contributed by atoms with Crippen LogP contribution in [0.25, 0.3) is 16.6 Å². The van der Waals surface area contributed by atoms with Gasteiger partial charge in [0.05, 0.1) is 30.1 Å². The van der Waals surface area contributed by atoms with Crippen LogP contribution in [0.4, 0.5) is 5.69 Å². The highest BCUT2D eigenvalue weighted by molar-refractivity contribution is 6.08. The minimum atomic E-state index is -0.284. The third-order valence-corrected chi connectivity index (χ3v) is 7.45. The van der Waals surface area contributed by atoms with E-state index in [2.05, 4.69) is 32.2 Å². The molecule has 1 aliphatic rings. The summed E-state index contributed by atoms with van der Waals surface area (Å²) >= 11 is 0. The van der Waals surface area contributed by atoms with Gasteiger partial charge in [-0.15, -0.1) is 0 Å². The summed E-state index contributed by atoms with van der Waals surface area (Å²) in [5, 5.41) is 8.28. The number of hydrogen-bond acceptors (Lipinski definition) is 7. The van der Waals surface area contributed by atoms with Crippen molar-refractivity contribution in [3.63, 3.8) is 0 Å². The van der Waals surface area contributed by atoms with E-state index in [4.69, 9.17) is 4.74 Å². The molecule has 0 atom stereocenters. The lowest BCUT2D eigenvalue weighted by Crippen LogP contribution is -2.45. The number of imidazole rings is 1. The molecule has 5 heterocycles. The first kappa shape index (κ1) is 25.8. The van der Waals surface area contributed by atoms with Crippen molar-refractivity contribution in [2.24, 2.45) is 7.05 Å². The summed E-state index contributed by atoms with van der Waals surface area (Å²) < 4.78 is 11.0. The Morgan fingerprint density at radius 2 is 1.88 bits per heavy atom. The lowest BCUT2D eigenvalue weighted by atomic mass is 10.2. The lowest BCUT2D eigenvalue weighted by molar-refractivity contribution is 0.102. The monoisotopic (exact) mass is 540 g/mol. The molecule has 11 heteroatoms. The van der Waals surface area contributed by atoms with Crippen LogP contribution in [-0.4, -0.2) is 85.8 Å². The van der Waals surface area contributed by atoms with Gasteiger partial charge in [0.25, 0.3) is 11.5 Å². The summed E-state index contributed by atoms with van der Waals surface area (Å²) in [7, 11) is 3.87. The summed E-state index contributed by atoms with van der Waals surface area (Å²) in [6, 6.07) is 13.0. The minimum Gasteiger partial charge on any atom is -0.492 e. The first-order chi connectivity index (χ1) is 19.5. The van der Waals surface area contributed by atoms with Crippen molar-refractivity contribution in [1.82, 2.24) is 33.5 Å². The van der Waals surface area contributed by atoms with E-state index in [0.717, 1.165) is 49.4 Å². The Morgan fingerprint density at radius 1 is 1.02 bits per heavy atom. The Kier molecular flexibility index (Phi) is 7.06. The topological polar surface area (TPSA) is 102 Å². The van der Waals surface area contributed by atoms with Gasteiger partial charge in [-0.1, -0.05) is 12.1 Å². The minimum absolute atomic E-state index is 0.0631. The van der Waals surface area contributed by atoms with Gasteiger partial charge in [0.1, 0.15) is 23.7 Å². The number of piperazine rings is 1. The largest absolute Gasteiger partial charge is 0.492 e. The number of aryl methyl sites for hydroxylation is 1. The Morgan fingerprint density at radius 3 is 2.73 bits per heavy atom. The van der Waals surface area contributed by atoms with E-state index < -0.39 is 0 Å². The molecule has 11 nitrogen and oxygen atoms in total. The highest BCUT2D eigenvalue weighted by Crippen LogP contribution is 2.25. The summed E-state index contributed by atoms with van der Waals surface area (Å²) in [6.07, 6.45) is 6.80. The van der Waals surface area contributed by atoms with E-state index in [1.807, 2.05) is 36.4 Å². The molecule has 4 aromatic heterocycles. The van der Waals surface area contributed by atoms with Gasteiger partial charge in [-0.25, -0.2) is 4.98 Å². The van der Waals surface area contributed by atoms with Crippen LogP contribution >= 0.6 is 0 Å². The Bertz CT molecular complexity index is 1730. The second-order valence-corrected chi connectivity index (χ2v) is 10.2. The number of fused-ring (bicyclic) bond motifs is 2. The molecule has 0 radical (unpaired) electrons. The number of anilines is 1. The van der Waals surface area contributed by atoms with Crippen LogP contribution < -0.4 is 15.6 Å². The standard InChI is InChI=1S/C29H32N8O3/c1-33-11-13-35(14-12-33)15-16-40-22-8-10-36-26(19-30-27(36)17-22)28(38)32-24-6-3-7-25-23(24)18-31-37(25)20-21-5-4-9-34(2)29(21)39/h3-10,17-19H,11-16,20H2,1-2H3,(H,32,38). The van der Waals surface area contributed by atoms with Gasteiger partial charge in [-0.2, -0.15) is 5.10 Å². The fourth-order valence-corrected chi connectivity index (χ4v) is 5.04. The first-order valence-electron chi connectivity index (χ1n) is 13.4. The van der Waals surface area contributed by atoms with E-state index in [1.165, 1.54) is 0 Å². The highest BCUT2D eigenvalue weighted by Gasteiger charge is 2.17.